The maximum Gasteiger partial charge on any atom is 0.331 e. The molecular weight excluding hydrogens is 387 g/mol. The molecule has 142 valence electrons. The first kappa shape index (κ1) is 19.6. The molecule has 0 N–H and O–H groups in total. The molecule has 5 nitrogen and oxygen atoms in total. The number of ether oxygens (including phenoxy) is 1. The van der Waals surface area contributed by atoms with E-state index >= 15 is 0 Å². The minimum absolute atomic E-state index is 0.00648. The van der Waals surface area contributed by atoms with Gasteiger partial charge < -0.3 is 4.74 Å². The Labute approximate surface area is 167 Å². The van der Waals surface area contributed by atoms with Crippen LogP contribution in [0.1, 0.15) is 42.5 Å². The van der Waals surface area contributed by atoms with Crippen LogP contribution in [-0.2, 0) is 20.9 Å². The van der Waals surface area contributed by atoms with Crippen LogP contribution in [0.3, 0.4) is 0 Å². The Morgan fingerprint density at radius 1 is 1.30 bits per heavy atom. The van der Waals surface area contributed by atoms with E-state index in [4.69, 9.17) is 27.9 Å². The third-order valence-electron chi connectivity index (χ3n) is 4.50. The van der Waals surface area contributed by atoms with Gasteiger partial charge in [0.1, 0.15) is 5.15 Å². The van der Waals surface area contributed by atoms with E-state index in [9.17, 15) is 9.59 Å². The molecule has 0 spiro atoms. The second-order valence-corrected chi connectivity index (χ2v) is 7.34. The smallest absolute Gasteiger partial charge is 0.331 e. The monoisotopic (exact) mass is 406 g/mol. The van der Waals surface area contributed by atoms with Crippen LogP contribution in [0.15, 0.2) is 30.3 Å². The van der Waals surface area contributed by atoms with Gasteiger partial charge >= 0.3 is 5.97 Å². The van der Waals surface area contributed by atoms with Crippen molar-refractivity contribution in [1.82, 2.24) is 9.78 Å². The number of hydrogen-bond donors (Lipinski definition) is 0. The summed E-state index contributed by atoms with van der Waals surface area (Å²) in [5.41, 5.74) is 2.36. The molecule has 0 saturated heterocycles. The second kappa shape index (κ2) is 8.72. The van der Waals surface area contributed by atoms with Crippen LogP contribution >= 0.6 is 23.2 Å². The Kier molecular flexibility index (Phi) is 6.34. The van der Waals surface area contributed by atoms with Crippen molar-refractivity contribution in [3.8, 4) is 0 Å². The number of rotatable bonds is 5. The Morgan fingerprint density at radius 3 is 2.74 bits per heavy atom. The maximum absolute atomic E-state index is 12.0. The Morgan fingerprint density at radius 2 is 2.04 bits per heavy atom. The van der Waals surface area contributed by atoms with Crippen molar-refractivity contribution in [3.63, 3.8) is 0 Å². The van der Waals surface area contributed by atoms with Crippen LogP contribution in [0.25, 0.3) is 6.08 Å². The van der Waals surface area contributed by atoms with Gasteiger partial charge in [-0.3, -0.25) is 4.79 Å². The number of halogens is 2. The molecule has 2 aromatic rings. The summed E-state index contributed by atoms with van der Waals surface area (Å²) in [6, 6.07) is 7.43. The van der Waals surface area contributed by atoms with Crippen LogP contribution in [0.4, 0.5) is 0 Å². The number of Topliss-reactive ketones (excluding diaryl/α,β-unsaturated/α-hetero) is 1. The van der Waals surface area contributed by atoms with Gasteiger partial charge in [0.25, 0.3) is 0 Å². The first-order valence-electron chi connectivity index (χ1n) is 8.83. The van der Waals surface area contributed by atoms with Gasteiger partial charge in [0, 0.05) is 23.1 Å². The fourth-order valence-electron chi connectivity index (χ4n) is 3.03. The number of carbonyl (C=O) groups excluding carboxylic acids is 2. The number of hydrogen-bond acceptors (Lipinski definition) is 4. The van der Waals surface area contributed by atoms with Gasteiger partial charge in [-0.1, -0.05) is 35.3 Å². The molecular formula is C20H20Cl2N2O3. The fourth-order valence-corrected chi connectivity index (χ4v) is 3.45. The molecule has 27 heavy (non-hydrogen) atoms. The van der Waals surface area contributed by atoms with Gasteiger partial charge in [-0.15, -0.1) is 0 Å². The summed E-state index contributed by atoms with van der Waals surface area (Å²) in [7, 11) is 0. The molecule has 1 aliphatic carbocycles. The molecule has 1 atom stereocenters. The highest BCUT2D eigenvalue weighted by atomic mass is 35.5. The van der Waals surface area contributed by atoms with Crippen molar-refractivity contribution in [2.24, 2.45) is 0 Å². The molecule has 1 aromatic heterocycles. The normalized spacial score (nSPS) is 17.4. The molecule has 7 heteroatoms. The summed E-state index contributed by atoms with van der Waals surface area (Å²) in [4.78, 5) is 23.8. The molecule has 3 rings (SSSR count). The SMILES string of the molecule is Cc1nn(Cc2ccc(Cl)cc2)c(Cl)c1/C=C/C(=O)O[C@H]1CCCCC1=O. The van der Waals surface area contributed by atoms with E-state index < -0.39 is 12.1 Å². The van der Waals surface area contributed by atoms with Crippen molar-refractivity contribution in [3.05, 3.63) is 57.3 Å². The van der Waals surface area contributed by atoms with Crippen molar-refractivity contribution in [1.29, 1.82) is 0 Å². The summed E-state index contributed by atoms with van der Waals surface area (Å²) < 4.78 is 6.92. The lowest BCUT2D eigenvalue weighted by Gasteiger charge is -2.19. The first-order valence-corrected chi connectivity index (χ1v) is 9.58. The number of carbonyl (C=O) groups is 2. The molecule has 0 amide bonds. The fraction of sp³-hybridized carbons (Fsp3) is 0.350. The summed E-state index contributed by atoms with van der Waals surface area (Å²) >= 11 is 12.3. The van der Waals surface area contributed by atoms with E-state index in [1.165, 1.54) is 6.08 Å². The Hall–Kier alpha value is -2.11. The van der Waals surface area contributed by atoms with Crippen molar-refractivity contribution >= 4 is 41.0 Å². The second-order valence-electron chi connectivity index (χ2n) is 6.54. The van der Waals surface area contributed by atoms with Crippen LogP contribution in [0.5, 0.6) is 0 Å². The predicted molar refractivity (Wildman–Crippen MR) is 105 cm³/mol. The molecule has 0 bridgehead atoms. The van der Waals surface area contributed by atoms with E-state index in [1.54, 1.807) is 10.8 Å². The van der Waals surface area contributed by atoms with Gasteiger partial charge in [0.2, 0.25) is 0 Å². The molecule has 1 heterocycles. The maximum atomic E-state index is 12.0. The predicted octanol–water partition coefficient (Wildman–Crippen LogP) is 4.61. The van der Waals surface area contributed by atoms with Crippen LogP contribution in [0, 0.1) is 6.92 Å². The van der Waals surface area contributed by atoms with Crippen molar-refractivity contribution in [2.75, 3.05) is 0 Å². The molecule has 1 fully saturated rings. The molecule has 1 saturated carbocycles. The third-order valence-corrected chi connectivity index (χ3v) is 5.15. The number of esters is 1. The molecule has 0 unspecified atom stereocenters. The number of aryl methyl sites for hydroxylation is 1. The standard InChI is InChI=1S/C20H20Cl2N2O3/c1-13-16(10-11-19(26)27-18-5-3-2-4-17(18)25)20(22)24(23-13)12-14-6-8-15(21)9-7-14/h6-11,18H,2-5,12H2,1H3/b11-10+/t18-/m0/s1. The average molecular weight is 407 g/mol. The lowest BCUT2D eigenvalue weighted by molar-refractivity contribution is -0.152. The molecule has 0 aliphatic heterocycles. The van der Waals surface area contributed by atoms with Gasteiger partial charge in [-0.25, -0.2) is 9.48 Å². The summed E-state index contributed by atoms with van der Waals surface area (Å²) in [5, 5.41) is 5.53. The van der Waals surface area contributed by atoms with Crippen molar-refractivity contribution < 1.29 is 14.3 Å². The highest BCUT2D eigenvalue weighted by molar-refractivity contribution is 6.31. The van der Waals surface area contributed by atoms with E-state index in [2.05, 4.69) is 5.10 Å². The average Bonchev–Trinajstić information content (AvgIpc) is 2.90. The lowest BCUT2D eigenvalue weighted by Crippen LogP contribution is -2.29. The Bertz CT molecular complexity index is 872. The number of benzene rings is 1. The Balaban J connectivity index is 1.68. The first-order chi connectivity index (χ1) is 12.9. The number of ketones is 1. The third kappa shape index (κ3) is 4.99. The van der Waals surface area contributed by atoms with Crippen LogP contribution < -0.4 is 0 Å². The zero-order valence-corrected chi connectivity index (χ0v) is 16.5. The number of aromatic nitrogens is 2. The number of nitrogens with zero attached hydrogens (tertiary/aromatic N) is 2. The van der Waals surface area contributed by atoms with Crippen molar-refractivity contribution in [2.45, 2.75) is 45.3 Å². The van der Waals surface area contributed by atoms with Crippen LogP contribution in [0.2, 0.25) is 10.2 Å². The van der Waals surface area contributed by atoms with E-state index in [0.717, 1.165) is 18.4 Å². The van der Waals surface area contributed by atoms with Crippen LogP contribution in [-0.4, -0.2) is 27.6 Å². The minimum atomic E-state index is -0.625. The zero-order valence-electron chi connectivity index (χ0n) is 15.0. The molecule has 0 radical (unpaired) electrons. The van der Waals surface area contributed by atoms with Gasteiger partial charge in [-0.2, -0.15) is 5.10 Å². The summed E-state index contributed by atoms with van der Waals surface area (Å²) in [6.45, 7) is 2.31. The van der Waals surface area contributed by atoms with Gasteiger partial charge in [0.05, 0.1) is 12.2 Å². The zero-order chi connectivity index (χ0) is 19.4. The summed E-state index contributed by atoms with van der Waals surface area (Å²) in [5.74, 6) is -0.552. The largest absolute Gasteiger partial charge is 0.451 e. The van der Waals surface area contributed by atoms with E-state index in [0.29, 0.717) is 40.8 Å². The quantitative estimate of drug-likeness (QED) is 0.536. The van der Waals surface area contributed by atoms with E-state index in [1.807, 2.05) is 31.2 Å². The minimum Gasteiger partial charge on any atom is -0.451 e. The molecule has 1 aliphatic rings. The highest BCUT2D eigenvalue weighted by Gasteiger charge is 2.25. The molecule has 1 aromatic carbocycles. The van der Waals surface area contributed by atoms with Gasteiger partial charge in [-0.05, 0) is 50.0 Å². The topological polar surface area (TPSA) is 61.2 Å². The highest BCUT2D eigenvalue weighted by Crippen LogP contribution is 2.23. The van der Waals surface area contributed by atoms with Gasteiger partial charge in [0.15, 0.2) is 11.9 Å². The van der Waals surface area contributed by atoms with E-state index in [-0.39, 0.29) is 5.78 Å². The summed E-state index contributed by atoms with van der Waals surface area (Å²) in [6.07, 6.45) is 5.09. The lowest BCUT2D eigenvalue weighted by atomic mass is 9.96.